The van der Waals surface area contributed by atoms with E-state index in [0.717, 1.165) is 0 Å². The van der Waals surface area contributed by atoms with Gasteiger partial charge < -0.3 is 9.47 Å². The van der Waals surface area contributed by atoms with E-state index in [1.807, 2.05) is 20.8 Å². The molecular weight excluding hydrogens is 232 g/mol. The van der Waals surface area contributed by atoms with Crippen LogP contribution in [0.15, 0.2) is 24.3 Å². The lowest BCUT2D eigenvalue weighted by Crippen LogP contribution is -2.29. The van der Waals surface area contributed by atoms with E-state index in [1.165, 1.54) is 0 Å². The summed E-state index contributed by atoms with van der Waals surface area (Å²) in [6, 6.07) is 6.83. The van der Waals surface area contributed by atoms with Crippen LogP contribution in [0.25, 0.3) is 0 Å². The van der Waals surface area contributed by atoms with Crippen LogP contribution in [0.3, 0.4) is 0 Å². The topological polar surface area (TPSA) is 73.6 Å². The number of ether oxygens (including phenoxy) is 2. The number of hydrazine groups is 1. The Labute approximate surface area is 107 Å². The zero-order chi connectivity index (χ0) is 13.6. The van der Waals surface area contributed by atoms with Crippen LogP contribution in [0.2, 0.25) is 0 Å². The van der Waals surface area contributed by atoms with Crippen molar-refractivity contribution in [1.29, 1.82) is 0 Å². The van der Waals surface area contributed by atoms with Crippen LogP contribution < -0.4 is 16.0 Å². The van der Waals surface area contributed by atoms with Crippen LogP contribution in [0.4, 0.5) is 0 Å². The Morgan fingerprint density at radius 2 is 2.06 bits per heavy atom. The maximum absolute atomic E-state index is 11.3. The molecule has 0 unspecified atom stereocenters. The van der Waals surface area contributed by atoms with E-state index < -0.39 is 0 Å². The summed E-state index contributed by atoms with van der Waals surface area (Å²) in [5, 5.41) is 0. The average Bonchev–Trinajstić information content (AvgIpc) is 2.33. The van der Waals surface area contributed by atoms with Gasteiger partial charge in [-0.3, -0.25) is 10.2 Å². The highest BCUT2D eigenvalue weighted by molar-refractivity contribution is 5.94. The Morgan fingerprint density at radius 3 is 2.67 bits per heavy atom. The zero-order valence-electron chi connectivity index (χ0n) is 11.0. The Balaban J connectivity index is 2.45. The fraction of sp³-hybridized carbons (Fsp3) is 0.462. The van der Waals surface area contributed by atoms with Crippen molar-refractivity contribution < 1.29 is 14.3 Å². The van der Waals surface area contributed by atoms with Gasteiger partial charge in [0.15, 0.2) is 0 Å². The predicted molar refractivity (Wildman–Crippen MR) is 69.3 cm³/mol. The fourth-order valence-electron chi connectivity index (χ4n) is 1.32. The number of nitrogen functional groups attached to an aromatic ring is 1. The van der Waals surface area contributed by atoms with Gasteiger partial charge in [0.05, 0.1) is 12.2 Å². The number of amides is 1. The molecule has 0 atom stereocenters. The minimum absolute atomic E-state index is 0.176. The number of carbonyl (C=O) groups excluding carboxylic acids is 1. The lowest BCUT2D eigenvalue weighted by atomic mass is 10.2. The van der Waals surface area contributed by atoms with Gasteiger partial charge in [-0.15, -0.1) is 0 Å². The van der Waals surface area contributed by atoms with Crippen LogP contribution in [-0.2, 0) is 4.74 Å². The summed E-state index contributed by atoms with van der Waals surface area (Å²) >= 11 is 0. The lowest BCUT2D eigenvalue weighted by Gasteiger charge is -2.19. The first-order valence-electron chi connectivity index (χ1n) is 5.80. The van der Waals surface area contributed by atoms with E-state index in [4.69, 9.17) is 15.3 Å². The summed E-state index contributed by atoms with van der Waals surface area (Å²) < 4.78 is 11.0. The maximum atomic E-state index is 11.3. The Bertz CT molecular complexity index is 399. The monoisotopic (exact) mass is 252 g/mol. The molecule has 5 heteroatoms. The summed E-state index contributed by atoms with van der Waals surface area (Å²) in [4.78, 5) is 11.3. The van der Waals surface area contributed by atoms with E-state index in [1.54, 1.807) is 24.3 Å². The van der Waals surface area contributed by atoms with E-state index in [0.29, 0.717) is 24.5 Å². The van der Waals surface area contributed by atoms with Gasteiger partial charge in [0, 0.05) is 5.56 Å². The molecule has 0 radical (unpaired) electrons. The lowest BCUT2D eigenvalue weighted by molar-refractivity contribution is -0.0163. The minimum Gasteiger partial charge on any atom is -0.491 e. The summed E-state index contributed by atoms with van der Waals surface area (Å²) in [5.74, 6) is 5.34. The second kappa shape index (κ2) is 6.37. The molecule has 0 saturated carbocycles. The SMILES string of the molecule is CC(C)(C)OCCOc1cccc(C(=O)NN)c1. The third kappa shape index (κ3) is 5.16. The molecule has 0 aliphatic carbocycles. The number of rotatable bonds is 5. The van der Waals surface area contributed by atoms with E-state index in [-0.39, 0.29) is 11.5 Å². The van der Waals surface area contributed by atoms with Gasteiger partial charge >= 0.3 is 0 Å². The molecule has 0 aromatic heterocycles. The number of nitrogens with two attached hydrogens (primary N) is 1. The van der Waals surface area contributed by atoms with Crippen molar-refractivity contribution in [3.8, 4) is 5.75 Å². The fourth-order valence-corrected chi connectivity index (χ4v) is 1.32. The van der Waals surface area contributed by atoms with Gasteiger partial charge in [-0.2, -0.15) is 0 Å². The molecule has 0 spiro atoms. The summed E-state index contributed by atoms with van der Waals surface area (Å²) in [5.41, 5.74) is 2.37. The molecule has 0 bridgehead atoms. The molecule has 18 heavy (non-hydrogen) atoms. The number of carbonyl (C=O) groups is 1. The zero-order valence-corrected chi connectivity index (χ0v) is 11.0. The van der Waals surface area contributed by atoms with Crippen LogP contribution in [0.5, 0.6) is 5.75 Å². The summed E-state index contributed by atoms with van der Waals surface area (Å²) in [6.07, 6.45) is 0. The molecule has 1 rings (SSSR count). The van der Waals surface area contributed by atoms with E-state index >= 15 is 0 Å². The first-order chi connectivity index (χ1) is 8.42. The Hall–Kier alpha value is -1.59. The number of nitrogens with one attached hydrogen (secondary N) is 1. The molecule has 0 saturated heterocycles. The molecule has 0 heterocycles. The average molecular weight is 252 g/mol. The first-order valence-corrected chi connectivity index (χ1v) is 5.80. The second-order valence-corrected chi connectivity index (χ2v) is 4.81. The third-order valence-electron chi connectivity index (χ3n) is 2.11. The largest absolute Gasteiger partial charge is 0.491 e. The second-order valence-electron chi connectivity index (χ2n) is 4.81. The predicted octanol–water partition coefficient (Wildman–Crippen LogP) is 1.48. The summed E-state index contributed by atoms with van der Waals surface area (Å²) in [6.45, 7) is 6.89. The number of hydrogen-bond acceptors (Lipinski definition) is 4. The van der Waals surface area contributed by atoms with Crippen molar-refractivity contribution in [1.82, 2.24) is 5.43 Å². The highest BCUT2D eigenvalue weighted by Gasteiger charge is 2.09. The highest BCUT2D eigenvalue weighted by Crippen LogP contribution is 2.13. The Kier molecular flexibility index (Phi) is 5.12. The molecule has 0 aliphatic rings. The molecule has 1 aromatic rings. The van der Waals surface area contributed by atoms with E-state index in [2.05, 4.69) is 5.43 Å². The van der Waals surface area contributed by atoms with Crippen molar-refractivity contribution in [2.24, 2.45) is 5.84 Å². The van der Waals surface area contributed by atoms with Crippen LogP contribution >= 0.6 is 0 Å². The molecule has 5 nitrogen and oxygen atoms in total. The molecule has 1 amide bonds. The highest BCUT2D eigenvalue weighted by atomic mass is 16.5. The van der Waals surface area contributed by atoms with Gasteiger partial charge in [-0.1, -0.05) is 6.07 Å². The van der Waals surface area contributed by atoms with Crippen molar-refractivity contribution in [2.45, 2.75) is 26.4 Å². The standard InChI is InChI=1S/C13H20N2O3/c1-13(2,3)18-8-7-17-11-6-4-5-10(9-11)12(16)15-14/h4-6,9H,7-8,14H2,1-3H3,(H,15,16). The minimum atomic E-state index is -0.341. The molecule has 1 aromatic carbocycles. The summed E-state index contributed by atoms with van der Waals surface area (Å²) in [7, 11) is 0. The number of benzene rings is 1. The van der Waals surface area contributed by atoms with Crippen LogP contribution in [-0.4, -0.2) is 24.7 Å². The van der Waals surface area contributed by atoms with Gasteiger partial charge in [0.1, 0.15) is 12.4 Å². The van der Waals surface area contributed by atoms with Crippen LogP contribution in [0, 0.1) is 0 Å². The van der Waals surface area contributed by atoms with Gasteiger partial charge in [-0.05, 0) is 39.0 Å². The molecule has 0 aliphatic heterocycles. The van der Waals surface area contributed by atoms with Crippen molar-refractivity contribution in [2.75, 3.05) is 13.2 Å². The third-order valence-corrected chi connectivity index (χ3v) is 2.11. The quantitative estimate of drug-likeness (QED) is 0.360. The van der Waals surface area contributed by atoms with Gasteiger partial charge in [0.2, 0.25) is 0 Å². The molecular formula is C13H20N2O3. The number of hydrogen-bond donors (Lipinski definition) is 2. The normalized spacial score (nSPS) is 11.1. The van der Waals surface area contributed by atoms with Crippen molar-refractivity contribution in [3.05, 3.63) is 29.8 Å². The maximum Gasteiger partial charge on any atom is 0.265 e. The molecule has 100 valence electrons. The van der Waals surface area contributed by atoms with Gasteiger partial charge in [-0.25, -0.2) is 5.84 Å². The smallest absolute Gasteiger partial charge is 0.265 e. The van der Waals surface area contributed by atoms with Crippen LogP contribution in [0.1, 0.15) is 31.1 Å². The molecule has 3 N–H and O–H groups in total. The van der Waals surface area contributed by atoms with Crippen molar-refractivity contribution in [3.63, 3.8) is 0 Å². The Morgan fingerprint density at radius 1 is 1.33 bits per heavy atom. The van der Waals surface area contributed by atoms with Crippen molar-refractivity contribution >= 4 is 5.91 Å². The first kappa shape index (κ1) is 14.5. The molecule has 0 fully saturated rings. The van der Waals surface area contributed by atoms with E-state index in [9.17, 15) is 4.79 Å². The van der Waals surface area contributed by atoms with Gasteiger partial charge in [0.25, 0.3) is 5.91 Å².